The number of anilines is 2. The molecule has 9 heteroatoms. The van der Waals surface area contributed by atoms with Gasteiger partial charge in [-0.2, -0.15) is 0 Å². The first kappa shape index (κ1) is 22.0. The summed E-state index contributed by atoms with van der Waals surface area (Å²) in [5, 5.41) is 5.19. The standard InChI is InChI=1S/C21H22N2O5S2/c1-3-18-21(26)23-17-12-16(8-9-19(17)29-18)30(27,28)11-10-20(25)22-15-6-4-14(5-7-15)13(2)24/h4-9,12,18H,3,10-11H2,1-2H3,(H,22,25)(H,23,26)/t18-/m1/s1. The van der Waals surface area contributed by atoms with Gasteiger partial charge in [0.15, 0.2) is 15.6 Å². The maximum atomic E-state index is 12.7. The first-order valence-electron chi connectivity index (χ1n) is 9.45. The van der Waals surface area contributed by atoms with Gasteiger partial charge in [0.1, 0.15) is 0 Å². The van der Waals surface area contributed by atoms with Crippen molar-refractivity contribution in [2.75, 3.05) is 16.4 Å². The lowest BCUT2D eigenvalue weighted by molar-refractivity contribution is -0.116. The van der Waals surface area contributed by atoms with Gasteiger partial charge in [-0.05, 0) is 55.8 Å². The molecule has 0 aliphatic carbocycles. The molecule has 30 heavy (non-hydrogen) atoms. The Morgan fingerprint density at radius 3 is 2.47 bits per heavy atom. The first-order chi connectivity index (χ1) is 14.2. The fraction of sp³-hybridized carbons (Fsp3) is 0.286. The van der Waals surface area contributed by atoms with Crippen molar-refractivity contribution >= 4 is 50.6 Å². The SMILES string of the molecule is CC[C@H]1Sc2ccc(S(=O)(=O)CCC(=O)Nc3ccc(C(C)=O)cc3)cc2NC1=O. The molecule has 2 amide bonds. The Labute approximate surface area is 179 Å². The van der Waals surface area contributed by atoms with E-state index < -0.39 is 15.7 Å². The van der Waals surface area contributed by atoms with Gasteiger partial charge in [0, 0.05) is 22.6 Å². The number of Topliss-reactive ketones (excluding diaryl/α,β-unsaturated/α-hetero) is 1. The molecule has 0 bridgehead atoms. The number of thioether (sulfide) groups is 1. The number of sulfone groups is 1. The maximum Gasteiger partial charge on any atom is 0.237 e. The van der Waals surface area contributed by atoms with Gasteiger partial charge < -0.3 is 10.6 Å². The number of hydrogen-bond acceptors (Lipinski definition) is 6. The van der Waals surface area contributed by atoms with Crippen molar-refractivity contribution in [3.05, 3.63) is 48.0 Å². The van der Waals surface area contributed by atoms with Crippen molar-refractivity contribution < 1.29 is 22.8 Å². The van der Waals surface area contributed by atoms with Gasteiger partial charge in [-0.1, -0.05) is 6.92 Å². The summed E-state index contributed by atoms with van der Waals surface area (Å²) < 4.78 is 25.3. The van der Waals surface area contributed by atoms with E-state index in [1.165, 1.54) is 30.8 Å². The zero-order valence-electron chi connectivity index (χ0n) is 16.6. The summed E-state index contributed by atoms with van der Waals surface area (Å²) in [5.41, 5.74) is 1.49. The highest BCUT2D eigenvalue weighted by atomic mass is 32.2. The highest BCUT2D eigenvalue weighted by Gasteiger charge is 2.27. The molecule has 3 rings (SSSR count). The number of amides is 2. The highest BCUT2D eigenvalue weighted by Crippen LogP contribution is 2.38. The number of hydrogen-bond donors (Lipinski definition) is 2. The van der Waals surface area contributed by atoms with E-state index in [1.807, 2.05) is 6.92 Å². The molecule has 0 fully saturated rings. The quantitative estimate of drug-likeness (QED) is 0.630. The van der Waals surface area contributed by atoms with E-state index in [-0.39, 0.29) is 34.0 Å². The summed E-state index contributed by atoms with van der Waals surface area (Å²) in [6.07, 6.45) is 0.468. The van der Waals surface area contributed by atoms with Crippen molar-refractivity contribution in [1.29, 1.82) is 0 Å². The van der Waals surface area contributed by atoms with Crippen LogP contribution >= 0.6 is 11.8 Å². The molecule has 1 heterocycles. The Kier molecular flexibility index (Phi) is 6.62. The van der Waals surface area contributed by atoms with E-state index in [0.29, 0.717) is 23.4 Å². The predicted octanol–water partition coefficient (Wildman–Crippen LogP) is 3.51. The molecule has 0 saturated heterocycles. The molecule has 1 atom stereocenters. The van der Waals surface area contributed by atoms with Crippen LogP contribution in [0.5, 0.6) is 0 Å². The Bertz CT molecular complexity index is 1090. The van der Waals surface area contributed by atoms with Crippen LogP contribution in [0, 0.1) is 0 Å². The van der Waals surface area contributed by atoms with E-state index in [4.69, 9.17) is 0 Å². The summed E-state index contributed by atoms with van der Waals surface area (Å²) in [5.74, 6) is -1.02. The number of nitrogens with one attached hydrogen (secondary N) is 2. The van der Waals surface area contributed by atoms with Crippen molar-refractivity contribution in [1.82, 2.24) is 0 Å². The molecule has 0 spiro atoms. The zero-order chi connectivity index (χ0) is 21.9. The molecule has 0 unspecified atom stereocenters. The molecule has 1 aliphatic rings. The fourth-order valence-electron chi connectivity index (χ4n) is 2.95. The van der Waals surface area contributed by atoms with Gasteiger partial charge >= 0.3 is 0 Å². The number of ketones is 1. The first-order valence-corrected chi connectivity index (χ1v) is 12.0. The summed E-state index contributed by atoms with van der Waals surface area (Å²) in [7, 11) is -3.70. The minimum atomic E-state index is -3.70. The Hall–Kier alpha value is -2.65. The molecule has 0 aromatic heterocycles. The van der Waals surface area contributed by atoms with Gasteiger partial charge in [-0.3, -0.25) is 14.4 Å². The third kappa shape index (κ3) is 5.09. The monoisotopic (exact) mass is 446 g/mol. The van der Waals surface area contributed by atoms with E-state index in [0.717, 1.165) is 4.90 Å². The van der Waals surface area contributed by atoms with Crippen LogP contribution in [0.15, 0.2) is 52.3 Å². The molecule has 1 aliphatic heterocycles. The van der Waals surface area contributed by atoms with Crippen LogP contribution in [0.1, 0.15) is 37.0 Å². The predicted molar refractivity (Wildman–Crippen MR) is 117 cm³/mol. The number of fused-ring (bicyclic) bond motifs is 1. The van der Waals surface area contributed by atoms with Crippen molar-refractivity contribution in [2.24, 2.45) is 0 Å². The van der Waals surface area contributed by atoms with E-state index in [2.05, 4.69) is 10.6 Å². The summed E-state index contributed by atoms with van der Waals surface area (Å²) in [6, 6.07) is 11.0. The lowest BCUT2D eigenvalue weighted by atomic mass is 10.1. The van der Waals surface area contributed by atoms with Crippen LogP contribution in [0.3, 0.4) is 0 Å². The van der Waals surface area contributed by atoms with Crippen molar-refractivity contribution in [3.63, 3.8) is 0 Å². The van der Waals surface area contributed by atoms with Crippen LogP contribution in [0.4, 0.5) is 11.4 Å². The summed E-state index contributed by atoms with van der Waals surface area (Å²) in [4.78, 5) is 36.4. The number of carbonyl (C=O) groups is 3. The average molecular weight is 447 g/mol. The second-order valence-corrected chi connectivity index (χ2v) is 10.3. The molecule has 2 aromatic carbocycles. The van der Waals surface area contributed by atoms with Gasteiger partial charge in [0.25, 0.3) is 0 Å². The summed E-state index contributed by atoms with van der Waals surface area (Å²) >= 11 is 1.41. The van der Waals surface area contributed by atoms with Crippen LogP contribution in [-0.2, 0) is 19.4 Å². The van der Waals surface area contributed by atoms with Gasteiger partial charge in [-0.15, -0.1) is 11.8 Å². The van der Waals surface area contributed by atoms with Crippen LogP contribution in [-0.4, -0.2) is 37.0 Å². The molecular weight excluding hydrogens is 424 g/mol. The molecular formula is C21H22N2O5S2. The fourth-order valence-corrected chi connectivity index (χ4v) is 5.23. The second kappa shape index (κ2) is 9.01. The minimum Gasteiger partial charge on any atom is -0.326 e. The van der Waals surface area contributed by atoms with Gasteiger partial charge in [0.05, 0.1) is 21.6 Å². The average Bonchev–Trinajstić information content (AvgIpc) is 2.71. The Balaban J connectivity index is 1.64. The number of benzene rings is 2. The highest BCUT2D eigenvalue weighted by molar-refractivity contribution is 8.01. The van der Waals surface area contributed by atoms with E-state index in [9.17, 15) is 22.8 Å². The molecule has 0 radical (unpaired) electrons. The van der Waals surface area contributed by atoms with Gasteiger partial charge in [-0.25, -0.2) is 8.42 Å². The Morgan fingerprint density at radius 2 is 1.83 bits per heavy atom. The second-order valence-electron chi connectivity index (χ2n) is 6.91. The molecule has 0 saturated carbocycles. The van der Waals surface area contributed by atoms with E-state index >= 15 is 0 Å². The topological polar surface area (TPSA) is 109 Å². The van der Waals surface area contributed by atoms with E-state index in [1.54, 1.807) is 30.3 Å². The van der Waals surface area contributed by atoms with Crippen LogP contribution < -0.4 is 10.6 Å². The number of rotatable bonds is 7. The minimum absolute atomic E-state index is 0.0655. The zero-order valence-corrected chi connectivity index (χ0v) is 18.2. The molecule has 7 nitrogen and oxygen atoms in total. The molecule has 158 valence electrons. The normalized spacial score (nSPS) is 15.8. The number of carbonyl (C=O) groups excluding carboxylic acids is 3. The molecule has 2 N–H and O–H groups in total. The summed E-state index contributed by atoms with van der Waals surface area (Å²) in [6.45, 7) is 3.37. The third-order valence-corrected chi connectivity index (χ3v) is 7.83. The maximum absolute atomic E-state index is 12.7. The lowest BCUT2D eigenvalue weighted by Gasteiger charge is -2.23. The van der Waals surface area contributed by atoms with Gasteiger partial charge in [0.2, 0.25) is 11.8 Å². The van der Waals surface area contributed by atoms with Crippen molar-refractivity contribution in [3.8, 4) is 0 Å². The third-order valence-electron chi connectivity index (χ3n) is 4.67. The van der Waals surface area contributed by atoms with Crippen molar-refractivity contribution in [2.45, 2.75) is 41.7 Å². The molecule has 2 aromatic rings. The van der Waals surface area contributed by atoms with Crippen LogP contribution in [0.25, 0.3) is 0 Å². The van der Waals surface area contributed by atoms with Crippen LogP contribution in [0.2, 0.25) is 0 Å². The smallest absolute Gasteiger partial charge is 0.237 e. The largest absolute Gasteiger partial charge is 0.326 e. The lowest BCUT2D eigenvalue weighted by Crippen LogP contribution is -2.28. The Morgan fingerprint density at radius 1 is 1.13 bits per heavy atom.